The minimum Gasteiger partial charge on any atom is -0.323 e. The number of aryl methyl sites for hydroxylation is 3. The first-order valence-corrected chi connectivity index (χ1v) is 11.7. The zero-order chi connectivity index (χ0) is 21.3. The van der Waals surface area contributed by atoms with Crippen LogP contribution in [0.1, 0.15) is 29.5 Å². The number of sulfonamides is 1. The van der Waals surface area contributed by atoms with Gasteiger partial charge in [0, 0.05) is 17.6 Å². The van der Waals surface area contributed by atoms with Gasteiger partial charge in [-0.25, -0.2) is 12.8 Å². The minimum atomic E-state index is -3.72. The van der Waals surface area contributed by atoms with E-state index in [-0.39, 0.29) is 18.1 Å². The van der Waals surface area contributed by atoms with Gasteiger partial charge in [-0.15, -0.1) is 0 Å². The third-order valence-corrected chi connectivity index (χ3v) is 7.81. The molecule has 1 atom stereocenters. The van der Waals surface area contributed by atoms with Gasteiger partial charge in [-0.05, 0) is 62.9 Å². The maximum atomic E-state index is 14.0. The summed E-state index contributed by atoms with van der Waals surface area (Å²) < 4.78 is 42.6. The van der Waals surface area contributed by atoms with Crippen LogP contribution in [0.4, 0.5) is 10.1 Å². The van der Waals surface area contributed by atoms with Crippen LogP contribution in [-0.4, -0.2) is 31.7 Å². The third-order valence-electron chi connectivity index (χ3n) is 5.15. The molecule has 8 heteroatoms. The van der Waals surface area contributed by atoms with Crippen molar-refractivity contribution < 1.29 is 17.6 Å². The van der Waals surface area contributed by atoms with Gasteiger partial charge in [0.25, 0.3) is 0 Å². The predicted molar refractivity (Wildman–Crippen MR) is 115 cm³/mol. The molecule has 1 saturated heterocycles. The van der Waals surface area contributed by atoms with Gasteiger partial charge in [-0.1, -0.05) is 33.6 Å². The Morgan fingerprint density at radius 1 is 1.17 bits per heavy atom. The highest BCUT2D eigenvalue weighted by molar-refractivity contribution is 9.10. The number of nitrogens with one attached hydrogen (secondary N) is 1. The average Bonchev–Trinajstić information content (AvgIpc) is 2.63. The number of piperidine rings is 1. The number of halogens is 2. The highest BCUT2D eigenvalue weighted by Gasteiger charge is 2.35. The number of amides is 1. The Morgan fingerprint density at radius 3 is 2.45 bits per heavy atom. The van der Waals surface area contributed by atoms with Crippen molar-refractivity contribution in [3.8, 4) is 0 Å². The molecule has 29 heavy (non-hydrogen) atoms. The molecule has 1 heterocycles. The van der Waals surface area contributed by atoms with E-state index in [0.717, 1.165) is 5.56 Å². The fourth-order valence-corrected chi connectivity index (χ4v) is 6.17. The second kappa shape index (κ2) is 8.53. The molecule has 1 aliphatic rings. The maximum Gasteiger partial charge on any atom is 0.243 e. The molecule has 1 N–H and O–H groups in total. The second-order valence-electron chi connectivity index (χ2n) is 7.54. The number of hydrogen-bond donors (Lipinski definition) is 1. The number of hydrogen-bond acceptors (Lipinski definition) is 3. The number of nitrogens with zero attached hydrogens (tertiary/aromatic N) is 1. The summed E-state index contributed by atoms with van der Waals surface area (Å²) in [5.41, 5.74) is 2.49. The first-order chi connectivity index (χ1) is 13.6. The van der Waals surface area contributed by atoms with Crippen LogP contribution in [0.25, 0.3) is 0 Å². The summed E-state index contributed by atoms with van der Waals surface area (Å²) in [6.07, 6.45) is 1.13. The lowest BCUT2D eigenvalue weighted by Crippen LogP contribution is -2.44. The Bertz CT molecular complexity index is 1030. The van der Waals surface area contributed by atoms with E-state index < -0.39 is 21.8 Å². The van der Waals surface area contributed by atoms with Crippen molar-refractivity contribution >= 4 is 37.5 Å². The van der Waals surface area contributed by atoms with Crippen molar-refractivity contribution in [3.05, 3.63) is 57.3 Å². The van der Waals surface area contributed by atoms with Crippen molar-refractivity contribution in [2.24, 2.45) is 5.92 Å². The fourth-order valence-electron chi connectivity index (χ4n) is 3.90. The molecule has 0 spiro atoms. The van der Waals surface area contributed by atoms with Crippen LogP contribution in [0.5, 0.6) is 0 Å². The first-order valence-electron chi connectivity index (χ1n) is 9.43. The summed E-state index contributed by atoms with van der Waals surface area (Å²) in [5.74, 6) is -1.45. The molecular formula is C21H24BrFN2O3S. The molecule has 0 bridgehead atoms. The lowest BCUT2D eigenvalue weighted by Gasteiger charge is -2.32. The van der Waals surface area contributed by atoms with Gasteiger partial charge in [0.2, 0.25) is 15.9 Å². The molecule has 2 aromatic carbocycles. The largest absolute Gasteiger partial charge is 0.323 e. The highest BCUT2D eigenvalue weighted by Crippen LogP contribution is 2.29. The normalized spacial score (nSPS) is 17.9. The van der Waals surface area contributed by atoms with Crippen molar-refractivity contribution in [1.82, 2.24) is 4.31 Å². The van der Waals surface area contributed by atoms with Gasteiger partial charge in [0.15, 0.2) is 0 Å². The van der Waals surface area contributed by atoms with Crippen molar-refractivity contribution in [3.63, 3.8) is 0 Å². The molecule has 0 aliphatic carbocycles. The van der Waals surface area contributed by atoms with Gasteiger partial charge in [-0.3, -0.25) is 4.79 Å². The minimum absolute atomic E-state index is 0.0824. The summed E-state index contributed by atoms with van der Waals surface area (Å²) in [6, 6.07) is 8.10. The molecule has 3 rings (SSSR count). The quantitative estimate of drug-likeness (QED) is 0.694. The summed E-state index contributed by atoms with van der Waals surface area (Å²) >= 11 is 3.18. The Morgan fingerprint density at radius 2 is 1.83 bits per heavy atom. The van der Waals surface area contributed by atoms with Crippen LogP contribution in [0, 0.1) is 32.5 Å². The Balaban J connectivity index is 1.80. The van der Waals surface area contributed by atoms with Crippen LogP contribution < -0.4 is 5.32 Å². The zero-order valence-corrected chi connectivity index (χ0v) is 19.0. The van der Waals surface area contributed by atoms with E-state index >= 15 is 0 Å². The van der Waals surface area contributed by atoms with Crippen LogP contribution in [0.3, 0.4) is 0 Å². The molecule has 5 nitrogen and oxygen atoms in total. The Labute approximate surface area is 179 Å². The molecular weight excluding hydrogens is 459 g/mol. The van der Waals surface area contributed by atoms with Gasteiger partial charge in [-0.2, -0.15) is 4.31 Å². The van der Waals surface area contributed by atoms with E-state index in [1.165, 1.54) is 16.4 Å². The molecule has 1 fully saturated rings. The van der Waals surface area contributed by atoms with E-state index in [9.17, 15) is 17.6 Å². The van der Waals surface area contributed by atoms with Gasteiger partial charge in [0.1, 0.15) is 5.82 Å². The van der Waals surface area contributed by atoms with Crippen molar-refractivity contribution in [1.29, 1.82) is 0 Å². The monoisotopic (exact) mass is 482 g/mol. The van der Waals surface area contributed by atoms with E-state index in [0.29, 0.717) is 39.9 Å². The molecule has 156 valence electrons. The molecule has 1 amide bonds. The van der Waals surface area contributed by atoms with Crippen molar-refractivity contribution in [2.45, 2.75) is 38.5 Å². The van der Waals surface area contributed by atoms with Crippen LogP contribution in [0.2, 0.25) is 0 Å². The van der Waals surface area contributed by atoms with Gasteiger partial charge >= 0.3 is 0 Å². The summed E-state index contributed by atoms with van der Waals surface area (Å²) in [5, 5.41) is 2.59. The maximum absolute atomic E-state index is 14.0. The van der Waals surface area contributed by atoms with Crippen LogP contribution in [0.15, 0.2) is 39.7 Å². The fraction of sp³-hybridized carbons (Fsp3) is 0.381. The molecule has 1 aliphatic heterocycles. The standard InChI is InChI=1S/C21H24BrFN2O3S/c1-13-9-14(2)20(15(3)10-13)29(27,28)25-8-4-5-16(12-25)21(26)24-19-7-6-17(22)11-18(19)23/h6-7,9-11,16H,4-5,8,12H2,1-3H3,(H,24,26)/t16-/m1/s1. The first kappa shape index (κ1) is 21.9. The topological polar surface area (TPSA) is 66.5 Å². The SMILES string of the molecule is Cc1cc(C)c(S(=O)(=O)N2CCC[C@@H](C(=O)Nc3ccc(Br)cc3F)C2)c(C)c1. The molecule has 2 aromatic rings. The number of carbonyl (C=O) groups is 1. The zero-order valence-electron chi connectivity index (χ0n) is 16.6. The van der Waals surface area contributed by atoms with E-state index in [1.807, 2.05) is 19.1 Å². The van der Waals surface area contributed by atoms with E-state index in [4.69, 9.17) is 0 Å². The molecule has 0 unspecified atom stereocenters. The predicted octanol–water partition coefficient (Wildman–Crippen LogP) is 4.55. The number of anilines is 1. The number of benzene rings is 2. The summed E-state index contributed by atoms with van der Waals surface area (Å²) in [7, 11) is -3.72. The van der Waals surface area contributed by atoms with Crippen LogP contribution >= 0.6 is 15.9 Å². The lowest BCUT2D eigenvalue weighted by molar-refractivity contribution is -0.120. The van der Waals surface area contributed by atoms with Gasteiger partial charge < -0.3 is 5.32 Å². The summed E-state index contributed by atoms with van der Waals surface area (Å²) in [4.78, 5) is 13.0. The third kappa shape index (κ3) is 4.70. The van der Waals surface area contributed by atoms with E-state index in [2.05, 4.69) is 21.2 Å². The number of rotatable bonds is 4. The smallest absolute Gasteiger partial charge is 0.243 e. The van der Waals surface area contributed by atoms with Crippen LogP contribution in [-0.2, 0) is 14.8 Å². The average molecular weight is 483 g/mol. The highest BCUT2D eigenvalue weighted by atomic mass is 79.9. The molecule has 0 aromatic heterocycles. The number of carbonyl (C=O) groups excluding carboxylic acids is 1. The van der Waals surface area contributed by atoms with E-state index in [1.54, 1.807) is 19.9 Å². The second-order valence-corrected chi connectivity index (χ2v) is 10.3. The Hall–Kier alpha value is -1.77. The van der Waals surface area contributed by atoms with Crippen molar-refractivity contribution in [2.75, 3.05) is 18.4 Å². The summed E-state index contributed by atoms with van der Waals surface area (Å²) in [6.45, 7) is 5.96. The molecule has 0 saturated carbocycles. The van der Waals surface area contributed by atoms with Gasteiger partial charge in [0.05, 0.1) is 16.5 Å². The Kier molecular flexibility index (Phi) is 6.45. The lowest BCUT2D eigenvalue weighted by atomic mass is 9.98. The molecule has 0 radical (unpaired) electrons.